The molecule has 43 heavy (non-hydrogen) atoms. The van der Waals surface area contributed by atoms with Crippen molar-refractivity contribution in [2.75, 3.05) is 4.90 Å². The molecule has 4 aromatic carbocycles. The maximum Gasteiger partial charge on any atom is 0.238 e. The number of nitriles is 1. The maximum atomic E-state index is 15.2. The molecular formula is C38H28N4O. The van der Waals surface area contributed by atoms with Gasteiger partial charge in [0.15, 0.2) is 0 Å². The van der Waals surface area contributed by atoms with E-state index in [1.165, 1.54) is 0 Å². The molecule has 5 nitrogen and oxygen atoms in total. The molecule has 0 radical (unpaired) electrons. The summed E-state index contributed by atoms with van der Waals surface area (Å²) in [7, 11) is 0. The first-order valence-corrected chi connectivity index (χ1v) is 14.4. The van der Waals surface area contributed by atoms with E-state index in [4.69, 9.17) is 0 Å². The number of carbonyl (C=O) groups excluding carboxylic acids is 1. The van der Waals surface area contributed by atoms with Gasteiger partial charge in [-0.1, -0.05) is 66.7 Å². The number of anilines is 1. The average Bonchev–Trinajstić information content (AvgIpc) is 3.28. The summed E-state index contributed by atoms with van der Waals surface area (Å²) in [6.07, 6.45) is 8.19. The van der Waals surface area contributed by atoms with Crippen molar-refractivity contribution in [1.29, 1.82) is 5.26 Å². The van der Waals surface area contributed by atoms with Crippen LogP contribution in [0.15, 0.2) is 134 Å². The van der Waals surface area contributed by atoms with Crippen molar-refractivity contribution >= 4 is 22.4 Å². The summed E-state index contributed by atoms with van der Waals surface area (Å²) in [5, 5.41) is 11.7. The minimum Gasteiger partial charge on any atom is -0.307 e. The van der Waals surface area contributed by atoms with Crippen LogP contribution in [0.4, 0.5) is 5.69 Å². The van der Waals surface area contributed by atoms with Gasteiger partial charge in [-0.3, -0.25) is 14.8 Å². The van der Waals surface area contributed by atoms with Gasteiger partial charge in [-0.2, -0.15) is 5.26 Å². The van der Waals surface area contributed by atoms with Gasteiger partial charge in [0, 0.05) is 30.5 Å². The number of carbonyl (C=O) groups is 1. The molecule has 1 aliphatic rings. The van der Waals surface area contributed by atoms with Gasteiger partial charge in [-0.05, 0) is 99.5 Å². The molecule has 1 aliphatic heterocycles. The smallest absolute Gasteiger partial charge is 0.238 e. The molecule has 0 atom stereocenters. The molecule has 0 aliphatic carbocycles. The number of pyridine rings is 2. The minimum atomic E-state index is -0.882. The van der Waals surface area contributed by atoms with Crippen LogP contribution >= 0.6 is 0 Å². The fourth-order valence-electron chi connectivity index (χ4n) is 6.55. The largest absolute Gasteiger partial charge is 0.307 e. The number of aromatic nitrogens is 2. The van der Waals surface area contributed by atoms with Crippen molar-refractivity contribution in [1.82, 2.24) is 9.97 Å². The molecule has 5 heteroatoms. The van der Waals surface area contributed by atoms with E-state index in [1.54, 1.807) is 24.8 Å². The molecule has 0 saturated carbocycles. The first kappa shape index (κ1) is 26.3. The Bertz CT molecular complexity index is 1930. The molecule has 1 amide bonds. The van der Waals surface area contributed by atoms with Crippen molar-refractivity contribution in [3.8, 4) is 17.2 Å². The van der Waals surface area contributed by atoms with Crippen LogP contribution in [0.25, 0.3) is 21.9 Å². The number of benzene rings is 4. The van der Waals surface area contributed by atoms with Crippen LogP contribution in [0.2, 0.25) is 0 Å². The average molecular weight is 557 g/mol. The highest BCUT2D eigenvalue weighted by atomic mass is 16.2. The molecule has 7 rings (SSSR count). The highest BCUT2D eigenvalue weighted by Crippen LogP contribution is 2.51. The minimum absolute atomic E-state index is 0.0742. The van der Waals surface area contributed by atoms with E-state index < -0.39 is 5.41 Å². The van der Waals surface area contributed by atoms with Crippen molar-refractivity contribution in [2.24, 2.45) is 0 Å². The zero-order valence-electron chi connectivity index (χ0n) is 23.5. The monoisotopic (exact) mass is 556 g/mol. The van der Waals surface area contributed by atoms with Crippen molar-refractivity contribution in [3.63, 3.8) is 0 Å². The van der Waals surface area contributed by atoms with Crippen LogP contribution in [-0.4, -0.2) is 15.9 Å². The topological polar surface area (TPSA) is 69.9 Å². The third kappa shape index (κ3) is 4.73. The van der Waals surface area contributed by atoms with Gasteiger partial charge < -0.3 is 4.90 Å². The predicted octanol–water partition coefficient (Wildman–Crippen LogP) is 7.44. The summed E-state index contributed by atoms with van der Waals surface area (Å²) in [6, 6.07) is 38.7. The second-order valence-electron chi connectivity index (χ2n) is 11.1. The standard InChI is InChI=1S/C38H28N4O/c39-25-29-11-13-31(14-12-29)34-9-4-10-35-36(34)38(23-27-15-19-40-20-16-27,24-28-17-21-41-22-18-28)37(43)42(35)26-32-7-3-6-30-5-1-2-8-33(30)32/h1-22H,23-24,26H2. The Kier molecular flexibility index (Phi) is 6.73. The molecule has 3 heterocycles. The number of fused-ring (bicyclic) bond motifs is 2. The Balaban J connectivity index is 1.46. The molecule has 0 unspecified atom stereocenters. The summed E-state index contributed by atoms with van der Waals surface area (Å²) in [4.78, 5) is 25.6. The second kappa shape index (κ2) is 11.0. The Labute approximate surface area is 250 Å². The van der Waals surface area contributed by atoms with Gasteiger partial charge >= 0.3 is 0 Å². The van der Waals surface area contributed by atoms with Crippen LogP contribution in [0.5, 0.6) is 0 Å². The fourth-order valence-corrected chi connectivity index (χ4v) is 6.55. The fraction of sp³-hybridized carbons (Fsp3) is 0.105. The molecule has 0 saturated heterocycles. The lowest BCUT2D eigenvalue weighted by molar-refractivity contribution is -0.123. The lowest BCUT2D eigenvalue weighted by Gasteiger charge is -2.31. The third-order valence-corrected chi connectivity index (χ3v) is 8.51. The molecule has 0 spiro atoms. The molecular weight excluding hydrogens is 528 g/mol. The normalized spacial score (nSPS) is 13.6. The Hall–Kier alpha value is -5.60. The summed E-state index contributed by atoms with van der Waals surface area (Å²) in [6.45, 7) is 0.457. The molecule has 6 aromatic rings. The number of hydrogen-bond donors (Lipinski definition) is 0. The number of amides is 1. The number of hydrogen-bond acceptors (Lipinski definition) is 4. The van der Waals surface area contributed by atoms with Crippen molar-refractivity contribution in [2.45, 2.75) is 24.8 Å². The molecule has 2 aromatic heterocycles. The van der Waals surface area contributed by atoms with Crippen LogP contribution in [-0.2, 0) is 29.6 Å². The van der Waals surface area contributed by atoms with Crippen LogP contribution in [0.1, 0.15) is 27.8 Å². The van der Waals surface area contributed by atoms with Crippen LogP contribution < -0.4 is 4.90 Å². The van der Waals surface area contributed by atoms with Crippen molar-refractivity contribution < 1.29 is 4.79 Å². The first-order valence-electron chi connectivity index (χ1n) is 14.4. The molecule has 0 N–H and O–H groups in total. The van der Waals surface area contributed by atoms with Gasteiger partial charge in [0.2, 0.25) is 5.91 Å². The van der Waals surface area contributed by atoms with Crippen LogP contribution in [0, 0.1) is 11.3 Å². The van der Waals surface area contributed by atoms with Gasteiger partial charge in [0.25, 0.3) is 0 Å². The molecule has 0 bridgehead atoms. The zero-order chi connectivity index (χ0) is 29.2. The number of rotatable bonds is 7. The van der Waals surface area contributed by atoms with E-state index in [9.17, 15) is 5.26 Å². The van der Waals surface area contributed by atoms with E-state index in [0.717, 1.165) is 49.8 Å². The molecule has 206 valence electrons. The second-order valence-corrected chi connectivity index (χ2v) is 11.1. The predicted molar refractivity (Wildman–Crippen MR) is 169 cm³/mol. The SMILES string of the molecule is N#Cc1ccc(-c2cccc3c2C(Cc2ccncc2)(Cc2ccncc2)C(=O)N3Cc2cccc3ccccc23)cc1. The van der Waals surface area contributed by atoms with E-state index in [0.29, 0.717) is 24.9 Å². The van der Waals surface area contributed by atoms with Gasteiger partial charge in [-0.25, -0.2) is 0 Å². The summed E-state index contributed by atoms with van der Waals surface area (Å²) >= 11 is 0. The quantitative estimate of drug-likeness (QED) is 0.205. The van der Waals surface area contributed by atoms with E-state index in [2.05, 4.69) is 58.5 Å². The highest BCUT2D eigenvalue weighted by molar-refractivity contribution is 6.11. The van der Waals surface area contributed by atoms with Gasteiger partial charge in [0.1, 0.15) is 0 Å². The Morgan fingerprint density at radius 2 is 1.33 bits per heavy atom. The number of nitrogens with zero attached hydrogens (tertiary/aromatic N) is 4. The van der Waals surface area contributed by atoms with Gasteiger partial charge in [0.05, 0.1) is 23.6 Å². The summed E-state index contributed by atoms with van der Waals surface area (Å²) < 4.78 is 0. The lowest BCUT2D eigenvalue weighted by Crippen LogP contribution is -2.43. The third-order valence-electron chi connectivity index (χ3n) is 8.51. The maximum absolute atomic E-state index is 15.2. The first-order chi connectivity index (χ1) is 21.2. The van der Waals surface area contributed by atoms with E-state index in [-0.39, 0.29) is 5.91 Å². The zero-order valence-corrected chi connectivity index (χ0v) is 23.5. The van der Waals surface area contributed by atoms with Crippen LogP contribution in [0.3, 0.4) is 0 Å². The van der Waals surface area contributed by atoms with E-state index >= 15 is 4.79 Å². The Morgan fingerprint density at radius 1 is 0.698 bits per heavy atom. The summed E-state index contributed by atoms with van der Waals surface area (Å²) in [5.41, 5.74) is 6.82. The summed E-state index contributed by atoms with van der Waals surface area (Å²) in [5.74, 6) is 0.0742. The molecule has 0 fully saturated rings. The van der Waals surface area contributed by atoms with Gasteiger partial charge in [-0.15, -0.1) is 0 Å². The highest BCUT2D eigenvalue weighted by Gasteiger charge is 2.52. The van der Waals surface area contributed by atoms with Crippen molar-refractivity contribution in [3.05, 3.63) is 162 Å². The Morgan fingerprint density at radius 3 is 2.00 bits per heavy atom. The lowest BCUT2D eigenvalue weighted by atomic mass is 9.70. The van der Waals surface area contributed by atoms with E-state index in [1.807, 2.05) is 71.6 Å².